The first kappa shape index (κ1) is 17.9. The van der Waals surface area contributed by atoms with Crippen molar-refractivity contribution in [3.05, 3.63) is 54.1 Å². The van der Waals surface area contributed by atoms with Crippen molar-refractivity contribution in [2.75, 3.05) is 7.05 Å². The van der Waals surface area contributed by atoms with Crippen molar-refractivity contribution in [1.29, 1.82) is 0 Å². The van der Waals surface area contributed by atoms with E-state index in [1.54, 1.807) is 7.05 Å². The molecule has 0 fully saturated rings. The summed E-state index contributed by atoms with van der Waals surface area (Å²) in [5.74, 6) is 0. The molecule has 3 nitrogen and oxygen atoms in total. The van der Waals surface area contributed by atoms with Crippen LogP contribution in [-0.2, 0) is 9.24 Å². The lowest BCUT2D eigenvalue weighted by Gasteiger charge is -2.19. The zero-order valence-corrected chi connectivity index (χ0v) is 16.1. The number of carbonyl (C=O) groups is 1. The molecule has 23 heavy (non-hydrogen) atoms. The van der Waals surface area contributed by atoms with E-state index in [0.717, 1.165) is 16.0 Å². The minimum absolute atomic E-state index is 0.148. The van der Waals surface area contributed by atoms with Gasteiger partial charge in [-0.25, -0.2) is 9.10 Å². The molecule has 2 aromatic carbocycles. The number of amides is 1. The van der Waals surface area contributed by atoms with Crippen molar-refractivity contribution in [3.8, 4) is 11.1 Å². The zero-order valence-electron chi connectivity index (χ0n) is 13.7. The molecule has 0 saturated heterocycles. The van der Waals surface area contributed by atoms with E-state index in [1.807, 2.05) is 12.1 Å². The Morgan fingerprint density at radius 1 is 1.09 bits per heavy atom. The highest BCUT2D eigenvalue weighted by Crippen LogP contribution is 2.29. The van der Waals surface area contributed by atoms with Crippen LogP contribution in [-0.4, -0.2) is 17.4 Å². The molecule has 0 atom stereocenters. The lowest BCUT2D eigenvalue weighted by molar-refractivity contribution is 0.198. The Hall–Kier alpha value is -1.46. The SMILES string of the molecule is CN(Sc1cccc(-c2ccc(C(C)(C)C)cc2)c1)C(=O)OBr. The van der Waals surface area contributed by atoms with E-state index in [0.29, 0.717) is 0 Å². The van der Waals surface area contributed by atoms with Crippen LogP contribution in [0.2, 0.25) is 0 Å². The third kappa shape index (κ3) is 4.75. The molecule has 0 aliphatic carbocycles. The first-order valence-corrected chi connectivity index (χ1v) is 8.68. The van der Waals surface area contributed by atoms with Gasteiger partial charge in [0.2, 0.25) is 0 Å². The average Bonchev–Trinajstić information content (AvgIpc) is 2.53. The second-order valence-electron chi connectivity index (χ2n) is 6.29. The first-order chi connectivity index (χ1) is 10.8. The molecule has 0 radical (unpaired) electrons. The van der Waals surface area contributed by atoms with Crippen LogP contribution in [0.25, 0.3) is 11.1 Å². The Bertz CT molecular complexity index is 680. The number of hydrogen-bond donors (Lipinski definition) is 0. The van der Waals surface area contributed by atoms with Crippen molar-refractivity contribution in [1.82, 2.24) is 4.31 Å². The second kappa shape index (κ2) is 7.41. The summed E-state index contributed by atoms with van der Waals surface area (Å²) in [5.41, 5.74) is 3.74. The third-order valence-electron chi connectivity index (χ3n) is 3.48. The molecule has 0 saturated carbocycles. The van der Waals surface area contributed by atoms with Gasteiger partial charge in [-0.05, 0) is 46.2 Å². The summed E-state index contributed by atoms with van der Waals surface area (Å²) < 4.78 is 5.95. The molecule has 1 amide bonds. The predicted octanol–water partition coefficient (Wildman–Crippen LogP) is 6.04. The number of hydrogen-bond acceptors (Lipinski definition) is 3. The van der Waals surface area contributed by atoms with Crippen LogP contribution in [0, 0.1) is 0 Å². The van der Waals surface area contributed by atoms with E-state index >= 15 is 0 Å². The fourth-order valence-electron chi connectivity index (χ4n) is 2.14. The quantitative estimate of drug-likeness (QED) is 0.595. The van der Waals surface area contributed by atoms with Gasteiger partial charge < -0.3 is 3.83 Å². The summed E-state index contributed by atoms with van der Waals surface area (Å²) in [5, 5.41) is 0. The minimum atomic E-state index is -0.449. The molecule has 0 aliphatic rings. The van der Waals surface area contributed by atoms with Crippen molar-refractivity contribution >= 4 is 34.3 Å². The van der Waals surface area contributed by atoms with Crippen LogP contribution in [0.1, 0.15) is 26.3 Å². The Balaban J connectivity index is 2.21. The first-order valence-electron chi connectivity index (χ1n) is 7.26. The molecule has 0 bridgehead atoms. The highest BCUT2D eigenvalue weighted by atomic mass is 79.9. The molecule has 122 valence electrons. The number of carbonyl (C=O) groups excluding carboxylic acids is 1. The van der Waals surface area contributed by atoms with Gasteiger partial charge in [0, 0.05) is 11.9 Å². The van der Waals surface area contributed by atoms with Gasteiger partial charge in [0.25, 0.3) is 0 Å². The van der Waals surface area contributed by atoms with Crippen molar-refractivity contribution in [2.45, 2.75) is 31.1 Å². The summed E-state index contributed by atoms with van der Waals surface area (Å²) in [4.78, 5) is 12.4. The maximum Gasteiger partial charge on any atom is 0.431 e. The molecule has 0 heterocycles. The van der Waals surface area contributed by atoms with Gasteiger partial charge in [0.05, 0.1) is 0 Å². The number of rotatable bonds is 3. The van der Waals surface area contributed by atoms with E-state index in [1.165, 1.54) is 21.8 Å². The normalized spacial score (nSPS) is 11.2. The highest BCUT2D eigenvalue weighted by molar-refractivity contribution is 9.06. The van der Waals surface area contributed by atoms with E-state index in [2.05, 4.69) is 77.3 Å². The van der Waals surface area contributed by atoms with Gasteiger partial charge in [0.1, 0.15) is 0 Å². The van der Waals surface area contributed by atoms with Crippen LogP contribution >= 0.6 is 28.2 Å². The largest absolute Gasteiger partial charge is 0.431 e. The molecule has 0 unspecified atom stereocenters. The Morgan fingerprint density at radius 3 is 2.30 bits per heavy atom. The van der Waals surface area contributed by atoms with Crippen LogP contribution < -0.4 is 0 Å². The number of nitrogens with zero attached hydrogens (tertiary/aromatic N) is 1. The number of halogens is 1. The third-order valence-corrected chi connectivity index (χ3v) is 4.65. The van der Waals surface area contributed by atoms with Crippen LogP contribution in [0.4, 0.5) is 4.79 Å². The summed E-state index contributed by atoms with van der Waals surface area (Å²) in [6, 6.07) is 16.7. The monoisotopic (exact) mass is 393 g/mol. The Kier molecular flexibility index (Phi) is 5.76. The van der Waals surface area contributed by atoms with Gasteiger partial charge in [-0.1, -0.05) is 57.2 Å². The summed E-state index contributed by atoms with van der Waals surface area (Å²) in [6.07, 6.45) is -0.449. The van der Waals surface area contributed by atoms with E-state index in [-0.39, 0.29) is 5.41 Å². The van der Waals surface area contributed by atoms with Gasteiger partial charge in [0.15, 0.2) is 16.3 Å². The van der Waals surface area contributed by atoms with E-state index in [9.17, 15) is 4.79 Å². The molecular weight excluding hydrogens is 374 g/mol. The Morgan fingerprint density at radius 2 is 1.74 bits per heavy atom. The predicted molar refractivity (Wildman–Crippen MR) is 99.6 cm³/mol. The van der Waals surface area contributed by atoms with Crippen LogP contribution in [0.5, 0.6) is 0 Å². The Labute approximate surface area is 150 Å². The van der Waals surface area contributed by atoms with Crippen LogP contribution in [0.15, 0.2) is 53.4 Å². The van der Waals surface area contributed by atoms with Gasteiger partial charge in [-0.15, -0.1) is 0 Å². The zero-order chi connectivity index (χ0) is 17.0. The molecule has 0 aliphatic heterocycles. The summed E-state index contributed by atoms with van der Waals surface area (Å²) in [7, 11) is 1.67. The van der Waals surface area contributed by atoms with E-state index < -0.39 is 6.09 Å². The molecule has 0 spiro atoms. The maximum atomic E-state index is 11.4. The topological polar surface area (TPSA) is 29.5 Å². The smallest absolute Gasteiger partial charge is 0.367 e. The van der Waals surface area contributed by atoms with Gasteiger partial charge in [-0.2, -0.15) is 0 Å². The molecular formula is C18H20BrNO2S. The molecule has 2 aromatic rings. The summed E-state index contributed by atoms with van der Waals surface area (Å²) in [6.45, 7) is 6.62. The highest BCUT2D eigenvalue weighted by Gasteiger charge is 2.14. The average molecular weight is 394 g/mol. The van der Waals surface area contributed by atoms with Crippen molar-refractivity contribution in [2.24, 2.45) is 0 Å². The minimum Gasteiger partial charge on any atom is -0.367 e. The van der Waals surface area contributed by atoms with Gasteiger partial charge in [-0.3, -0.25) is 0 Å². The maximum absolute atomic E-state index is 11.4. The molecule has 0 N–H and O–H groups in total. The van der Waals surface area contributed by atoms with Crippen molar-refractivity contribution < 1.29 is 8.62 Å². The standard InChI is InChI=1S/C18H20BrNO2S/c1-18(2,3)15-10-8-13(9-11-15)14-6-5-7-16(12-14)23-20(4)17(21)22-19/h5-12H,1-4H3. The second-order valence-corrected chi connectivity index (χ2v) is 7.81. The lowest BCUT2D eigenvalue weighted by Crippen LogP contribution is -2.16. The fraction of sp³-hybridized carbons (Fsp3) is 0.278. The molecule has 2 rings (SSSR count). The molecule has 0 aromatic heterocycles. The van der Waals surface area contributed by atoms with Crippen LogP contribution in [0.3, 0.4) is 0 Å². The lowest BCUT2D eigenvalue weighted by atomic mass is 9.86. The molecule has 5 heteroatoms. The fourth-order valence-corrected chi connectivity index (χ4v) is 3.20. The van der Waals surface area contributed by atoms with Crippen molar-refractivity contribution in [3.63, 3.8) is 0 Å². The van der Waals surface area contributed by atoms with Gasteiger partial charge >= 0.3 is 6.09 Å². The summed E-state index contributed by atoms with van der Waals surface area (Å²) >= 11 is 4.02. The van der Waals surface area contributed by atoms with E-state index in [4.69, 9.17) is 0 Å². The number of benzene rings is 2.